The average Bonchev–Trinajstić information content (AvgIpc) is 3.07. The molecule has 10 heteroatoms. The number of hydrogen-bond acceptors (Lipinski definition) is 6. The Labute approximate surface area is 279 Å². The molecule has 4 aromatic rings. The third-order valence-electron chi connectivity index (χ3n) is 8.37. The maximum Gasteiger partial charge on any atom is 0.308 e. The lowest BCUT2D eigenvalue weighted by Crippen LogP contribution is -2.64. The summed E-state index contributed by atoms with van der Waals surface area (Å²) in [6.07, 6.45) is 1.07. The zero-order valence-corrected chi connectivity index (χ0v) is 26.8. The van der Waals surface area contributed by atoms with E-state index in [2.05, 4.69) is 0 Å². The van der Waals surface area contributed by atoms with Crippen molar-refractivity contribution in [3.8, 4) is 23.0 Å². The Bertz CT molecular complexity index is 1570. The van der Waals surface area contributed by atoms with Gasteiger partial charge in [-0.2, -0.15) is 0 Å². The molecule has 0 saturated heterocycles. The van der Waals surface area contributed by atoms with Gasteiger partial charge in [0.25, 0.3) is 0 Å². The highest BCUT2D eigenvalue weighted by atomic mass is 16.5. The third kappa shape index (κ3) is 7.33. The van der Waals surface area contributed by atoms with Crippen LogP contribution in [-0.2, 0) is 19.2 Å². The second kappa shape index (κ2) is 15.3. The van der Waals surface area contributed by atoms with E-state index in [0.717, 1.165) is 0 Å². The van der Waals surface area contributed by atoms with E-state index in [0.29, 0.717) is 47.2 Å². The number of ether oxygens (including phenoxy) is 2. The van der Waals surface area contributed by atoms with Crippen molar-refractivity contribution in [3.05, 3.63) is 109 Å². The van der Waals surface area contributed by atoms with Crippen molar-refractivity contribution in [2.24, 2.45) is 23.7 Å². The molecular weight excluding hydrogens is 612 g/mol. The van der Waals surface area contributed by atoms with Crippen LogP contribution >= 0.6 is 0 Å². The second-order valence-electron chi connectivity index (χ2n) is 11.6. The summed E-state index contributed by atoms with van der Waals surface area (Å²) < 4.78 is 11.7. The van der Waals surface area contributed by atoms with Gasteiger partial charge in [0.1, 0.15) is 23.0 Å². The molecule has 1 fully saturated rings. The van der Waals surface area contributed by atoms with Gasteiger partial charge in [-0.05, 0) is 85.6 Å². The number of rotatable bonds is 14. The highest BCUT2D eigenvalue weighted by Gasteiger charge is 2.65. The lowest BCUT2D eigenvalue weighted by molar-refractivity contribution is -0.179. The summed E-state index contributed by atoms with van der Waals surface area (Å²) >= 11 is 0. The highest BCUT2D eigenvalue weighted by molar-refractivity contribution is 6.07. The van der Waals surface area contributed by atoms with Crippen LogP contribution in [0.5, 0.6) is 23.0 Å². The van der Waals surface area contributed by atoms with Crippen LogP contribution in [0.2, 0.25) is 0 Å². The van der Waals surface area contributed by atoms with Gasteiger partial charge >= 0.3 is 11.9 Å². The molecule has 2 amide bonds. The zero-order chi connectivity index (χ0) is 34.2. The smallest absolute Gasteiger partial charge is 0.308 e. The van der Waals surface area contributed by atoms with Crippen molar-refractivity contribution in [3.63, 3.8) is 0 Å². The topological polar surface area (TPSA) is 134 Å². The molecule has 1 saturated carbocycles. The molecule has 0 radical (unpaired) electrons. The van der Waals surface area contributed by atoms with Crippen molar-refractivity contribution in [1.29, 1.82) is 0 Å². The van der Waals surface area contributed by atoms with Gasteiger partial charge in [-0.3, -0.25) is 19.2 Å². The first-order chi connectivity index (χ1) is 23.2. The number of amides is 2. The summed E-state index contributed by atoms with van der Waals surface area (Å²) in [6.45, 7) is 4.18. The van der Waals surface area contributed by atoms with Gasteiger partial charge in [0.15, 0.2) is 0 Å². The van der Waals surface area contributed by atoms with E-state index in [1.807, 2.05) is 74.5 Å². The Morgan fingerprint density at radius 1 is 0.500 bits per heavy atom. The number of carboxylic acid groups (broad SMARTS) is 2. The SMILES string of the molecule is CCCN(c1ccc(Oc2ccccc2)cc1)C(=O)[C@H]1[C@H](C(=O)O)[C@H](C(=O)N(CCC)c2ccc(Oc3ccccc3)cc2)[C@H]1C(=O)O. The fourth-order valence-corrected chi connectivity index (χ4v) is 6.15. The fourth-order valence-electron chi connectivity index (χ4n) is 6.15. The first-order valence-corrected chi connectivity index (χ1v) is 16.0. The minimum absolute atomic E-state index is 0.227. The first-order valence-electron chi connectivity index (χ1n) is 16.0. The van der Waals surface area contributed by atoms with Crippen LogP contribution in [0.15, 0.2) is 109 Å². The van der Waals surface area contributed by atoms with Crippen LogP contribution in [-0.4, -0.2) is 47.1 Å². The second-order valence-corrected chi connectivity index (χ2v) is 11.6. The van der Waals surface area contributed by atoms with Crippen LogP contribution in [0.4, 0.5) is 11.4 Å². The average molecular weight is 651 g/mol. The molecule has 0 aromatic heterocycles. The van der Waals surface area contributed by atoms with Crippen LogP contribution in [0, 0.1) is 23.7 Å². The molecule has 10 nitrogen and oxygen atoms in total. The number of carboxylic acids is 2. The summed E-state index contributed by atoms with van der Waals surface area (Å²) in [5, 5.41) is 20.6. The number of carbonyl (C=O) groups is 4. The zero-order valence-electron chi connectivity index (χ0n) is 26.8. The Morgan fingerprint density at radius 3 is 1.10 bits per heavy atom. The fraction of sp³-hybridized carbons (Fsp3) is 0.263. The van der Waals surface area contributed by atoms with Gasteiger partial charge in [0, 0.05) is 24.5 Å². The van der Waals surface area contributed by atoms with E-state index < -0.39 is 47.4 Å². The number of anilines is 2. The van der Waals surface area contributed by atoms with E-state index in [1.54, 1.807) is 48.5 Å². The van der Waals surface area contributed by atoms with Gasteiger partial charge in [-0.1, -0.05) is 50.2 Å². The molecule has 1 aliphatic carbocycles. The predicted molar refractivity (Wildman–Crippen MR) is 180 cm³/mol. The lowest BCUT2D eigenvalue weighted by atomic mass is 9.55. The van der Waals surface area contributed by atoms with Crippen molar-refractivity contribution in [2.75, 3.05) is 22.9 Å². The minimum Gasteiger partial charge on any atom is -0.481 e. The molecule has 48 heavy (non-hydrogen) atoms. The Balaban J connectivity index is 1.38. The quantitative estimate of drug-likeness (QED) is 0.148. The summed E-state index contributed by atoms with van der Waals surface area (Å²) in [6, 6.07) is 31.8. The lowest BCUT2D eigenvalue weighted by Gasteiger charge is -2.48. The Hall–Kier alpha value is -5.64. The number of carbonyl (C=O) groups excluding carboxylic acids is 2. The molecule has 0 aliphatic heterocycles. The minimum atomic E-state index is -1.52. The Kier molecular flexibility index (Phi) is 10.7. The highest BCUT2D eigenvalue weighted by Crippen LogP contribution is 2.49. The monoisotopic (exact) mass is 650 g/mol. The van der Waals surface area contributed by atoms with Crippen LogP contribution in [0.3, 0.4) is 0 Å². The molecule has 248 valence electrons. The first kappa shape index (κ1) is 33.7. The molecule has 4 aromatic carbocycles. The van der Waals surface area contributed by atoms with E-state index in [1.165, 1.54) is 9.80 Å². The van der Waals surface area contributed by atoms with Crippen LogP contribution < -0.4 is 19.3 Å². The van der Waals surface area contributed by atoms with Crippen molar-refractivity contribution in [2.45, 2.75) is 26.7 Å². The molecule has 2 N–H and O–H groups in total. The molecule has 0 atom stereocenters. The summed E-state index contributed by atoms with van der Waals surface area (Å²) in [4.78, 5) is 56.3. The third-order valence-corrected chi connectivity index (χ3v) is 8.37. The van der Waals surface area contributed by atoms with Crippen LogP contribution in [0.1, 0.15) is 26.7 Å². The molecular formula is C38H38N2O8. The van der Waals surface area contributed by atoms with E-state index in [-0.39, 0.29) is 13.1 Å². The molecule has 0 bridgehead atoms. The van der Waals surface area contributed by atoms with E-state index >= 15 is 0 Å². The van der Waals surface area contributed by atoms with Gasteiger partial charge in [0.05, 0.1) is 23.7 Å². The molecule has 1 aliphatic rings. The Morgan fingerprint density at radius 2 is 0.812 bits per heavy atom. The number of hydrogen-bond donors (Lipinski definition) is 2. The molecule has 0 heterocycles. The number of aliphatic carboxylic acids is 2. The number of benzene rings is 4. The van der Waals surface area contributed by atoms with Crippen LogP contribution in [0.25, 0.3) is 0 Å². The normalized spacial score (nSPS) is 18.2. The van der Waals surface area contributed by atoms with Gasteiger partial charge in [-0.15, -0.1) is 0 Å². The predicted octanol–water partition coefficient (Wildman–Crippen LogP) is 7.11. The van der Waals surface area contributed by atoms with Crippen molar-refractivity contribution in [1.82, 2.24) is 0 Å². The summed E-state index contributed by atoms with van der Waals surface area (Å²) in [5.74, 6) is -7.67. The molecule has 0 spiro atoms. The molecule has 0 unspecified atom stereocenters. The van der Waals surface area contributed by atoms with Gasteiger partial charge in [0.2, 0.25) is 11.8 Å². The molecule has 5 rings (SSSR count). The standard InChI is InChI=1S/C38H38N2O8/c1-3-23-39(25-15-19-29(20-16-25)47-27-11-7-5-8-12-27)35(41)31-33(37(43)44)32(34(31)38(45)46)36(42)40(24-4-2)26-17-21-30(22-18-26)48-28-13-9-6-10-14-28/h5-22,31-34H,3-4,23-24H2,1-2H3,(H,43,44)(H,45,46)/t31-,32-,33-,34-. The maximum atomic E-state index is 14.1. The maximum absolute atomic E-state index is 14.1. The van der Waals surface area contributed by atoms with Crippen molar-refractivity contribution >= 4 is 35.1 Å². The van der Waals surface area contributed by atoms with Gasteiger partial charge in [-0.25, -0.2) is 0 Å². The number of nitrogens with zero attached hydrogens (tertiary/aromatic N) is 2. The number of para-hydroxylation sites is 2. The van der Waals surface area contributed by atoms with E-state index in [9.17, 15) is 29.4 Å². The van der Waals surface area contributed by atoms with E-state index in [4.69, 9.17) is 9.47 Å². The largest absolute Gasteiger partial charge is 0.481 e. The van der Waals surface area contributed by atoms with Crippen molar-refractivity contribution < 1.29 is 38.9 Å². The summed E-state index contributed by atoms with van der Waals surface area (Å²) in [5.41, 5.74) is 0.937. The van der Waals surface area contributed by atoms with Gasteiger partial charge < -0.3 is 29.5 Å². The summed E-state index contributed by atoms with van der Waals surface area (Å²) in [7, 11) is 0.